The van der Waals surface area contributed by atoms with Gasteiger partial charge in [-0.25, -0.2) is 4.98 Å². The summed E-state index contributed by atoms with van der Waals surface area (Å²) in [6.07, 6.45) is 4.49. The number of aldehydes is 1. The minimum absolute atomic E-state index is 0.734. The summed E-state index contributed by atoms with van der Waals surface area (Å²) in [5.41, 5.74) is 0. The van der Waals surface area contributed by atoms with Crippen LogP contribution in [0.4, 0.5) is 0 Å². The molecule has 0 saturated carbocycles. The smallest absolute Gasteiger partial charge is 0.160 e. The third-order valence-corrected chi connectivity index (χ3v) is 2.79. The minimum Gasteiger partial charge on any atom is -0.333 e. The monoisotopic (exact) mass is 192 g/mol. The summed E-state index contributed by atoms with van der Waals surface area (Å²) < 4.78 is 1.93. The van der Waals surface area contributed by atoms with Crippen molar-refractivity contribution in [3.63, 3.8) is 0 Å². The van der Waals surface area contributed by atoms with Gasteiger partial charge in [0.25, 0.3) is 0 Å². The number of nitrogens with zero attached hydrogens (tertiary/aromatic N) is 2. The second kappa shape index (κ2) is 3.14. The van der Waals surface area contributed by atoms with Gasteiger partial charge in [-0.2, -0.15) is 0 Å². The van der Waals surface area contributed by atoms with Gasteiger partial charge >= 0.3 is 0 Å². The standard InChI is InChI=1S/C9H8N2OS/c1-11-5-4-10-9(11)8-3-2-7(6-12)13-8/h2-6H,1H3. The summed E-state index contributed by atoms with van der Waals surface area (Å²) in [6, 6.07) is 3.72. The van der Waals surface area contributed by atoms with E-state index in [4.69, 9.17) is 0 Å². The van der Waals surface area contributed by atoms with Gasteiger partial charge in [0.05, 0.1) is 9.75 Å². The lowest BCUT2D eigenvalue weighted by Crippen LogP contribution is -1.87. The molecule has 0 atom stereocenters. The largest absolute Gasteiger partial charge is 0.333 e. The fraction of sp³-hybridized carbons (Fsp3) is 0.111. The Morgan fingerprint density at radius 3 is 2.92 bits per heavy atom. The van der Waals surface area contributed by atoms with Crippen LogP contribution >= 0.6 is 11.3 Å². The average Bonchev–Trinajstić information content (AvgIpc) is 2.71. The lowest BCUT2D eigenvalue weighted by atomic mass is 10.4. The van der Waals surface area contributed by atoms with Gasteiger partial charge in [-0.05, 0) is 12.1 Å². The predicted molar refractivity (Wildman–Crippen MR) is 51.9 cm³/mol. The number of aromatic nitrogens is 2. The molecule has 4 heteroatoms. The molecule has 0 aliphatic rings. The molecule has 0 N–H and O–H groups in total. The Kier molecular flexibility index (Phi) is 1.98. The summed E-state index contributed by atoms with van der Waals surface area (Å²) in [7, 11) is 1.93. The van der Waals surface area contributed by atoms with Crippen LogP contribution in [0.15, 0.2) is 24.5 Å². The van der Waals surface area contributed by atoms with Crippen LogP contribution in [0.25, 0.3) is 10.7 Å². The number of rotatable bonds is 2. The Morgan fingerprint density at radius 1 is 1.54 bits per heavy atom. The number of aryl methyl sites for hydroxylation is 1. The van der Waals surface area contributed by atoms with Crippen LogP contribution in [0.5, 0.6) is 0 Å². The minimum atomic E-state index is 0.734. The van der Waals surface area contributed by atoms with E-state index in [1.165, 1.54) is 11.3 Å². The number of imidazole rings is 1. The number of hydrogen-bond acceptors (Lipinski definition) is 3. The first-order valence-corrected chi connectivity index (χ1v) is 4.65. The van der Waals surface area contributed by atoms with Crippen molar-refractivity contribution in [2.45, 2.75) is 0 Å². The molecular weight excluding hydrogens is 184 g/mol. The van der Waals surface area contributed by atoms with E-state index in [0.29, 0.717) is 0 Å². The molecule has 0 aliphatic heterocycles. The first-order valence-electron chi connectivity index (χ1n) is 3.84. The molecule has 2 rings (SSSR count). The molecule has 0 unspecified atom stereocenters. The third-order valence-electron chi connectivity index (χ3n) is 1.78. The number of carbonyl (C=O) groups excluding carboxylic acids is 1. The van der Waals surface area contributed by atoms with E-state index in [-0.39, 0.29) is 0 Å². The lowest BCUT2D eigenvalue weighted by molar-refractivity contribution is 0.112. The molecule has 13 heavy (non-hydrogen) atoms. The van der Waals surface area contributed by atoms with E-state index < -0.39 is 0 Å². The summed E-state index contributed by atoms with van der Waals surface area (Å²) in [5, 5.41) is 0. The van der Waals surface area contributed by atoms with Gasteiger partial charge in [0.2, 0.25) is 0 Å². The highest BCUT2D eigenvalue weighted by Gasteiger charge is 2.05. The van der Waals surface area contributed by atoms with Gasteiger partial charge in [-0.3, -0.25) is 4.79 Å². The van der Waals surface area contributed by atoms with Gasteiger partial charge in [0.1, 0.15) is 5.82 Å². The summed E-state index contributed by atoms with van der Waals surface area (Å²) >= 11 is 1.45. The quantitative estimate of drug-likeness (QED) is 0.682. The van der Waals surface area contributed by atoms with Crippen LogP contribution in [0, 0.1) is 0 Å². The van der Waals surface area contributed by atoms with Crippen LogP contribution in [0.2, 0.25) is 0 Å². The fourth-order valence-electron chi connectivity index (χ4n) is 1.14. The SMILES string of the molecule is Cn1ccnc1-c1ccc(C=O)s1. The Bertz CT molecular complexity index is 430. The van der Waals surface area contributed by atoms with Crippen molar-refractivity contribution in [3.05, 3.63) is 29.4 Å². The fourth-order valence-corrected chi connectivity index (χ4v) is 2.00. The van der Waals surface area contributed by atoms with Crippen molar-refractivity contribution in [1.29, 1.82) is 0 Å². The maximum Gasteiger partial charge on any atom is 0.160 e. The van der Waals surface area contributed by atoms with E-state index in [9.17, 15) is 4.79 Å². The molecule has 0 fully saturated rings. The van der Waals surface area contributed by atoms with Crippen LogP contribution in [0.3, 0.4) is 0 Å². The molecule has 0 spiro atoms. The first-order chi connectivity index (χ1) is 6.31. The molecule has 2 aromatic heterocycles. The van der Waals surface area contributed by atoms with Crippen LogP contribution in [-0.4, -0.2) is 15.8 Å². The van der Waals surface area contributed by atoms with Crippen molar-refractivity contribution >= 4 is 17.6 Å². The second-order valence-electron chi connectivity index (χ2n) is 2.68. The topological polar surface area (TPSA) is 34.9 Å². The van der Waals surface area contributed by atoms with Gasteiger partial charge in [0.15, 0.2) is 6.29 Å². The zero-order chi connectivity index (χ0) is 9.26. The Morgan fingerprint density at radius 2 is 2.38 bits per heavy atom. The normalized spacial score (nSPS) is 10.2. The second-order valence-corrected chi connectivity index (χ2v) is 3.80. The lowest BCUT2D eigenvalue weighted by Gasteiger charge is -1.95. The van der Waals surface area contributed by atoms with Gasteiger partial charge in [-0.1, -0.05) is 0 Å². The number of thiophene rings is 1. The first kappa shape index (κ1) is 8.19. The highest BCUT2D eigenvalue weighted by molar-refractivity contribution is 7.16. The predicted octanol–water partition coefficient (Wildman–Crippen LogP) is 1.96. The van der Waals surface area contributed by atoms with Crippen LogP contribution in [0.1, 0.15) is 9.67 Å². The van der Waals surface area contributed by atoms with E-state index in [2.05, 4.69) is 4.98 Å². The molecule has 0 bridgehead atoms. The van der Waals surface area contributed by atoms with E-state index >= 15 is 0 Å². The van der Waals surface area contributed by atoms with E-state index in [0.717, 1.165) is 21.9 Å². The van der Waals surface area contributed by atoms with E-state index in [1.807, 2.05) is 29.9 Å². The Hall–Kier alpha value is -1.42. The van der Waals surface area contributed by atoms with Gasteiger partial charge < -0.3 is 4.57 Å². The molecule has 0 amide bonds. The Labute approximate surface area is 79.7 Å². The molecular formula is C9H8N2OS. The van der Waals surface area contributed by atoms with Crippen molar-refractivity contribution < 1.29 is 4.79 Å². The molecule has 0 aromatic carbocycles. The zero-order valence-corrected chi connectivity index (χ0v) is 7.91. The Balaban J connectivity index is 2.46. The molecule has 0 aliphatic carbocycles. The van der Waals surface area contributed by atoms with Gasteiger partial charge in [0, 0.05) is 19.4 Å². The molecule has 2 aromatic rings. The third kappa shape index (κ3) is 1.40. The number of carbonyl (C=O) groups is 1. The van der Waals surface area contributed by atoms with Crippen molar-refractivity contribution in [2.24, 2.45) is 7.05 Å². The van der Waals surface area contributed by atoms with Crippen molar-refractivity contribution in [1.82, 2.24) is 9.55 Å². The maximum atomic E-state index is 10.5. The van der Waals surface area contributed by atoms with E-state index in [1.54, 1.807) is 6.20 Å². The molecule has 3 nitrogen and oxygen atoms in total. The molecule has 2 heterocycles. The van der Waals surface area contributed by atoms with Crippen molar-refractivity contribution in [2.75, 3.05) is 0 Å². The summed E-state index contributed by atoms with van der Waals surface area (Å²) in [5.74, 6) is 0.901. The van der Waals surface area contributed by atoms with Crippen LogP contribution in [-0.2, 0) is 7.05 Å². The highest BCUT2D eigenvalue weighted by atomic mass is 32.1. The highest BCUT2D eigenvalue weighted by Crippen LogP contribution is 2.24. The molecule has 66 valence electrons. The number of hydrogen-bond donors (Lipinski definition) is 0. The maximum absolute atomic E-state index is 10.5. The summed E-state index contributed by atoms with van der Waals surface area (Å²) in [4.78, 5) is 16.4. The zero-order valence-electron chi connectivity index (χ0n) is 7.10. The molecule has 0 radical (unpaired) electrons. The van der Waals surface area contributed by atoms with Crippen molar-refractivity contribution in [3.8, 4) is 10.7 Å². The average molecular weight is 192 g/mol. The summed E-state index contributed by atoms with van der Waals surface area (Å²) in [6.45, 7) is 0. The van der Waals surface area contributed by atoms with Crippen LogP contribution < -0.4 is 0 Å². The van der Waals surface area contributed by atoms with Gasteiger partial charge in [-0.15, -0.1) is 11.3 Å². The molecule has 0 saturated heterocycles.